The van der Waals surface area contributed by atoms with Gasteiger partial charge in [-0.05, 0) is 49.8 Å². The molecule has 0 saturated heterocycles. The molecule has 0 unspecified atom stereocenters. The molecule has 0 spiro atoms. The lowest BCUT2D eigenvalue weighted by atomic mass is 10.1. The third-order valence-electron chi connectivity index (χ3n) is 4.59. The molecule has 0 bridgehead atoms. The van der Waals surface area contributed by atoms with Gasteiger partial charge in [0.15, 0.2) is 0 Å². The first-order chi connectivity index (χ1) is 13.2. The summed E-state index contributed by atoms with van der Waals surface area (Å²) < 4.78 is 44.9. The first-order valence-corrected chi connectivity index (χ1v) is 8.80. The highest BCUT2D eigenvalue weighted by Crippen LogP contribution is 2.42. The van der Waals surface area contributed by atoms with E-state index in [1.165, 1.54) is 18.1 Å². The third-order valence-corrected chi connectivity index (χ3v) is 4.59. The highest BCUT2D eigenvalue weighted by atomic mass is 19.4. The minimum absolute atomic E-state index is 0.232. The number of methoxy groups -OCH3 is 1. The van der Waals surface area contributed by atoms with Gasteiger partial charge in [0.2, 0.25) is 0 Å². The molecule has 1 aliphatic heterocycles. The zero-order valence-electron chi connectivity index (χ0n) is 15.9. The molecule has 2 aromatic rings. The maximum absolute atomic E-state index is 13.3. The van der Waals surface area contributed by atoms with Crippen LogP contribution in [-0.4, -0.2) is 38.7 Å². The van der Waals surface area contributed by atoms with E-state index < -0.39 is 17.8 Å². The fraction of sp³-hybridized carbons (Fsp3) is 0.350. The summed E-state index contributed by atoms with van der Waals surface area (Å²) in [5.74, 6) is -0.232. The van der Waals surface area contributed by atoms with Crippen LogP contribution in [0.5, 0.6) is 5.75 Å². The molecular formula is C20H22F3N3O2. The van der Waals surface area contributed by atoms with E-state index in [0.717, 1.165) is 11.6 Å². The van der Waals surface area contributed by atoms with E-state index in [2.05, 4.69) is 5.32 Å². The average molecular weight is 393 g/mol. The van der Waals surface area contributed by atoms with Crippen molar-refractivity contribution < 1.29 is 22.7 Å². The first kappa shape index (κ1) is 20.0. The normalized spacial score (nSPS) is 13.6. The number of urea groups is 1. The molecule has 0 atom stereocenters. The van der Waals surface area contributed by atoms with Gasteiger partial charge in [-0.15, -0.1) is 0 Å². The molecule has 2 amide bonds. The van der Waals surface area contributed by atoms with Crippen LogP contribution in [0.25, 0.3) is 0 Å². The zero-order valence-corrected chi connectivity index (χ0v) is 15.9. The second kappa shape index (κ2) is 7.71. The van der Waals surface area contributed by atoms with E-state index >= 15 is 0 Å². The molecule has 5 nitrogen and oxygen atoms in total. The number of ether oxygens (including phenoxy) is 1. The molecule has 3 rings (SSSR count). The minimum Gasteiger partial charge on any atom is -0.496 e. The number of alkyl halides is 3. The number of benzene rings is 2. The molecular weight excluding hydrogens is 371 g/mol. The summed E-state index contributed by atoms with van der Waals surface area (Å²) in [5.41, 5.74) is 1.59. The van der Waals surface area contributed by atoms with Gasteiger partial charge in [0.25, 0.3) is 0 Å². The number of anilines is 2. The Balaban J connectivity index is 1.89. The van der Waals surface area contributed by atoms with Crippen LogP contribution in [-0.2, 0) is 19.1 Å². The summed E-state index contributed by atoms with van der Waals surface area (Å²) in [4.78, 5) is 16.1. The molecule has 0 aromatic heterocycles. The first-order valence-electron chi connectivity index (χ1n) is 8.80. The Kier molecular flexibility index (Phi) is 5.51. The Morgan fingerprint density at radius 2 is 1.96 bits per heavy atom. The van der Waals surface area contributed by atoms with Gasteiger partial charge in [-0.3, -0.25) is 4.90 Å². The lowest BCUT2D eigenvalue weighted by Crippen LogP contribution is -2.34. The van der Waals surface area contributed by atoms with Gasteiger partial charge in [0.05, 0.1) is 12.7 Å². The van der Waals surface area contributed by atoms with E-state index in [-0.39, 0.29) is 11.4 Å². The molecule has 8 heteroatoms. The summed E-state index contributed by atoms with van der Waals surface area (Å²) in [6.45, 7) is 0.934. The Labute approximate surface area is 161 Å². The molecule has 2 aromatic carbocycles. The van der Waals surface area contributed by atoms with Crippen LogP contribution >= 0.6 is 0 Å². The molecule has 150 valence electrons. The molecule has 0 saturated carbocycles. The van der Waals surface area contributed by atoms with Gasteiger partial charge < -0.3 is 15.0 Å². The standard InChI is InChI=1S/C20H22F3N3O2/c1-25(2)12-14-6-4-5-7-16(14)24-19(27)26-9-8-13-10-18(28-3)15(11-17(13)26)20(21,22)23/h4-7,10-11H,8-9,12H2,1-3H3,(H,24,27). The van der Waals surface area contributed by atoms with Crippen LogP contribution < -0.4 is 15.0 Å². The highest BCUT2D eigenvalue weighted by Gasteiger charge is 2.37. The monoisotopic (exact) mass is 393 g/mol. The van der Waals surface area contributed by atoms with Crippen molar-refractivity contribution in [3.8, 4) is 5.75 Å². The molecule has 0 aliphatic carbocycles. The average Bonchev–Trinajstić information content (AvgIpc) is 3.04. The number of amides is 2. The van der Waals surface area contributed by atoms with Crippen molar-refractivity contribution in [3.05, 3.63) is 53.1 Å². The van der Waals surface area contributed by atoms with Gasteiger partial charge in [-0.1, -0.05) is 18.2 Å². The van der Waals surface area contributed by atoms with Crippen LogP contribution in [0, 0.1) is 0 Å². The number of nitrogens with zero attached hydrogens (tertiary/aromatic N) is 2. The van der Waals surface area contributed by atoms with Crippen molar-refractivity contribution in [3.63, 3.8) is 0 Å². The molecule has 0 fully saturated rings. The van der Waals surface area contributed by atoms with Crippen LogP contribution in [0.4, 0.5) is 29.3 Å². The Hall–Kier alpha value is -2.74. The Morgan fingerprint density at radius 3 is 2.61 bits per heavy atom. The number of carbonyl (C=O) groups is 1. The van der Waals surface area contributed by atoms with E-state index in [9.17, 15) is 18.0 Å². The number of fused-ring (bicyclic) bond motifs is 1. The predicted octanol–water partition coefficient (Wildman–Crippen LogP) is 4.37. The topological polar surface area (TPSA) is 44.8 Å². The van der Waals surface area contributed by atoms with E-state index in [4.69, 9.17) is 4.74 Å². The zero-order chi connectivity index (χ0) is 20.5. The second-order valence-corrected chi connectivity index (χ2v) is 6.91. The fourth-order valence-corrected chi connectivity index (χ4v) is 3.32. The number of carbonyl (C=O) groups excluding carboxylic acids is 1. The quantitative estimate of drug-likeness (QED) is 0.839. The number of nitrogens with one attached hydrogen (secondary N) is 1. The molecule has 0 radical (unpaired) electrons. The van der Waals surface area contributed by atoms with E-state index in [0.29, 0.717) is 30.8 Å². The number of halogens is 3. The maximum atomic E-state index is 13.3. The summed E-state index contributed by atoms with van der Waals surface area (Å²) in [6, 6.07) is 9.27. The van der Waals surface area contributed by atoms with Crippen molar-refractivity contribution >= 4 is 17.4 Å². The van der Waals surface area contributed by atoms with Crippen molar-refractivity contribution in [1.82, 2.24) is 4.90 Å². The van der Waals surface area contributed by atoms with Gasteiger partial charge in [-0.2, -0.15) is 13.2 Å². The number of para-hydroxylation sites is 1. The van der Waals surface area contributed by atoms with Crippen LogP contribution in [0.2, 0.25) is 0 Å². The molecule has 1 N–H and O–H groups in total. The lowest BCUT2D eigenvalue weighted by molar-refractivity contribution is -0.138. The maximum Gasteiger partial charge on any atom is 0.420 e. The van der Waals surface area contributed by atoms with E-state index in [1.54, 1.807) is 12.1 Å². The second-order valence-electron chi connectivity index (χ2n) is 6.91. The van der Waals surface area contributed by atoms with Crippen molar-refractivity contribution in [1.29, 1.82) is 0 Å². The highest BCUT2D eigenvalue weighted by molar-refractivity contribution is 6.03. The van der Waals surface area contributed by atoms with E-state index in [1.807, 2.05) is 31.1 Å². The van der Waals surface area contributed by atoms with Crippen molar-refractivity contribution in [2.24, 2.45) is 0 Å². The molecule has 1 heterocycles. The summed E-state index contributed by atoms with van der Waals surface area (Å²) in [5, 5.41) is 2.83. The van der Waals surface area contributed by atoms with Gasteiger partial charge in [0.1, 0.15) is 5.75 Å². The summed E-state index contributed by atoms with van der Waals surface area (Å²) >= 11 is 0. The van der Waals surface area contributed by atoms with Crippen LogP contribution in [0.15, 0.2) is 36.4 Å². The van der Waals surface area contributed by atoms with Crippen molar-refractivity contribution in [2.75, 3.05) is 38.0 Å². The SMILES string of the molecule is COc1cc2c(cc1C(F)(F)F)N(C(=O)Nc1ccccc1CN(C)C)CC2. The van der Waals surface area contributed by atoms with Gasteiger partial charge in [-0.25, -0.2) is 4.79 Å². The van der Waals surface area contributed by atoms with Gasteiger partial charge >= 0.3 is 12.2 Å². The fourth-order valence-electron chi connectivity index (χ4n) is 3.32. The number of hydrogen-bond donors (Lipinski definition) is 1. The number of rotatable bonds is 4. The smallest absolute Gasteiger partial charge is 0.420 e. The van der Waals surface area contributed by atoms with Gasteiger partial charge in [0, 0.05) is 24.5 Å². The lowest BCUT2D eigenvalue weighted by Gasteiger charge is -2.22. The van der Waals surface area contributed by atoms with Crippen LogP contribution in [0.1, 0.15) is 16.7 Å². The molecule has 1 aliphatic rings. The predicted molar refractivity (Wildman–Crippen MR) is 102 cm³/mol. The van der Waals surface area contributed by atoms with Crippen molar-refractivity contribution in [2.45, 2.75) is 19.1 Å². The summed E-state index contributed by atoms with van der Waals surface area (Å²) in [6.07, 6.45) is -4.10. The Bertz CT molecular complexity index is 881. The van der Waals surface area contributed by atoms with Crippen LogP contribution in [0.3, 0.4) is 0 Å². The number of hydrogen-bond acceptors (Lipinski definition) is 3. The third kappa shape index (κ3) is 4.06. The largest absolute Gasteiger partial charge is 0.496 e. The summed E-state index contributed by atoms with van der Waals surface area (Å²) in [7, 11) is 5.04. The molecule has 28 heavy (non-hydrogen) atoms. The minimum atomic E-state index is -4.57. The Morgan fingerprint density at radius 1 is 1.25 bits per heavy atom.